The average molecular weight is 515 g/mol. The Morgan fingerprint density at radius 3 is 2.34 bits per heavy atom. The highest BCUT2D eigenvalue weighted by molar-refractivity contribution is 6.09. The topological polar surface area (TPSA) is 92.7 Å². The number of carbonyl (C=O) groups is 2. The summed E-state index contributed by atoms with van der Waals surface area (Å²) in [5.41, 5.74) is 21.0. The first-order chi connectivity index (χ1) is 17.6. The van der Waals surface area contributed by atoms with E-state index >= 15 is 0 Å². The van der Waals surface area contributed by atoms with Gasteiger partial charge in [0.1, 0.15) is 0 Å². The lowest BCUT2D eigenvalue weighted by molar-refractivity contribution is -0.129. The smallest absolute Gasteiger partial charge is 0.246 e. The molecule has 0 bridgehead atoms. The summed E-state index contributed by atoms with van der Waals surface area (Å²) in [7, 11) is 7.50. The fraction of sp³-hybridized carbons (Fsp3) is 0.438. The van der Waals surface area contributed by atoms with Gasteiger partial charge < -0.3 is 21.3 Å². The van der Waals surface area contributed by atoms with E-state index in [2.05, 4.69) is 44.0 Å². The van der Waals surface area contributed by atoms with Gasteiger partial charge in [-0.15, -0.1) is 0 Å². The van der Waals surface area contributed by atoms with Crippen molar-refractivity contribution in [1.82, 2.24) is 9.80 Å². The summed E-state index contributed by atoms with van der Waals surface area (Å²) in [6.07, 6.45) is 4.91. The number of fused-ring (bicyclic) bond motifs is 3. The summed E-state index contributed by atoms with van der Waals surface area (Å²) >= 11 is 0. The van der Waals surface area contributed by atoms with Gasteiger partial charge in [0.2, 0.25) is 5.91 Å². The number of hydrogen-bond donors (Lipinski definition) is 2. The van der Waals surface area contributed by atoms with Gasteiger partial charge in [0.15, 0.2) is 5.78 Å². The molecule has 0 fully saturated rings. The molecule has 3 aliphatic rings. The molecule has 0 radical (unpaired) electrons. The van der Waals surface area contributed by atoms with E-state index < -0.39 is 11.0 Å². The maximum absolute atomic E-state index is 14.3. The molecular weight excluding hydrogens is 472 g/mol. The molecule has 0 spiro atoms. The third-order valence-electron chi connectivity index (χ3n) is 9.37. The van der Waals surface area contributed by atoms with Gasteiger partial charge in [-0.3, -0.25) is 9.59 Å². The van der Waals surface area contributed by atoms with Crippen LogP contribution in [0.3, 0.4) is 0 Å². The summed E-state index contributed by atoms with van der Waals surface area (Å²) in [5.74, 6) is -0.0214. The van der Waals surface area contributed by atoms with E-state index in [1.54, 1.807) is 25.1 Å². The van der Waals surface area contributed by atoms with Crippen molar-refractivity contribution < 1.29 is 9.59 Å². The van der Waals surface area contributed by atoms with Crippen molar-refractivity contribution in [1.29, 1.82) is 0 Å². The fourth-order valence-corrected chi connectivity index (χ4v) is 7.52. The molecule has 0 aliphatic heterocycles. The molecule has 1 aromatic rings. The van der Waals surface area contributed by atoms with E-state index in [-0.39, 0.29) is 29.3 Å². The van der Waals surface area contributed by atoms with Crippen LogP contribution in [-0.2, 0) is 16.0 Å². The molecule has 0 heterocycles. The molecule has 38 heavy (non-hydrogen) atoms. The van der Waals surface area contributed by atoms with E-state index in [1.165, 1.54) is 5.56 Å². The number of nitrogens with two attached hydrogens (primary N) is 2. The number of amides is 1. The first kappa shape index (κ1) is 27.8. The van der Waals surface area contributed by atoms with Crippen molar-refractivity contribution in [2.24, 2.45) is 22.8 Å². The summed E-state index contributed by atoms with van der Waals surface area (Å²) < 4.78 is 0. The molecule has 6 nitrogen and oxygen atoms in total. The van der Waals surface area contributed by atoms with Crippen LogP contribution >= 0.6 is 0 Å². The van der Waals surface area contributed by atoms with Gasteiger partial charge in [-0.2, -0.15) is 0 Å². The monoisotopic (exact) mass is 514 g/mol. The Kier molecular flexibility index (Phi) is 6.74. The third kappa shape index (κ3) is 3.69. The quantitative estimate of drug-likeness (QED) is 0.593. The normalized spacial score (nSPS) is 29.0. The standard InChI is InChI=1S/C32H42N4O2/c1-17-11-12-22(13-14-25(37)35(7)8)24-15-23-16-32(34)29(36(9)10)19(3)28(21(5)33)30(38)31(32,6)20(4)27(23)18(2)26(17)24/h11-14,23,29H,2,5,15-16,33-34H2,1,3-4,6-10H3/b14-13+/t23-,29+,31+,32+/m0/s1. The number of rotatable bonds is 4. The number of aryl methyl sites for hydroxylation is 1. The molecule has 4 rings (SSSR count). The summed E-state index contributed by atoms with van der Waals surface area (Å²) in [6, 6.07) is 3.96. The van der Waals surface area contributed by atoms with Crippen molar-refractivity contribution in [3.8, 4) is 0 Å². The molecule has 3 aliphatic carbocycles. The predicted molar refractivity (Wildman–Crippen MR) is 156 cm³/mol. The van der Waals surface area contributed by atoms with Gasteiger partial charge >= 0.3 is 0 Å². The van der Waals surface area contributed by atoms with Crippen molar-refractivity contribution >= 4 is 23.3 Å². The van der Waals surface area contributed by atoms with Crippen LogP contribution in [0, 0.1) is 18.3 Å². The van der Waals surface area contributed by atoms with Crippen molar-refractivity contribution in [2.45, 2.75) is 52.1 Å². The number of allylic oxidation sites excluding steroid dienone is 3. The summed E-state index contributed by atoms with van der Waals surface area (Å²) in [6.45, 7) is 16.6. The summed E-state index contributed by atoms with van der Waals surface area (Å²) in [5, 5.41) is 0. The van der Waals surface area contributed by atoms with Crippen molar-refractivity contribution in [3.63, 3.8) is 0 Å². The minimum atomic E-state index is -0.963. The number of Topliss-reactive ketones (excluding diaryl/α,β-unsaturated/α-hetero) is 1. The first-order valence-corrected chi connectivity index (χ1v) is 13.2. The van der Waals surface area contributed by atoms with Crippen LogP contribution in [0.2, 0.25) is 0 Å². The zero-order chi connectivity index (χ0) is 28.5. The minimum absolute atomic E-state index is 0.0549. The highest BCUT2D eigenvalue weighted by atomic mass is 16.2. The van der Waals surface area contributed by atoms with Crippen molar-refractivity contribution in [2.75, 3.05) is 28.2 Å². The molecule has 6 heteroatoms. The average Bonchev–Trinajstić information content (AvgIpc) is 2.80. The van der Waals surface area contributed by atoms with Crippen LogP contribution < -0.4 is 11.5 Å². The van der Waals surface area contributed by atoms with Crippen LogP contribution in [0.5, 0.6) is 0 Å². The van der Waals surface area contributed by atoms with Gasteiger partial charge in [-0.1, -0.05) is 30.9 Å². The van der Waals surface area contributed by atoms with E-state index in [0.29, 0.717) is 12.0 Å². The van der Waals surface area contributed by atoms with Gasteiger partial charge in [-0.25, -0.2) is 0 Å². The van der Waals surface area contributed by atoms with E-state index in [1.807, 2.05) is 34.0 Å². The molecule has 202 valence electrons. The molecule has 0 aromatic heterocycles. The van der Waals surface area contributed by atoms with Crippen LogP contribution in [0.1, 0.15) is 49.4 Å². The highest BCUT2D eigenvalue weighted by Crippen LogP contribution is 2.60. The Bertz CT molecular complexity index is 1380. The molecule has 4 atom stereocenters. The van der Waals surface area contributed by atoms with Gasteiger partial charge in [0.25, 0.3) is 0 Å². The highest BCUT2D eigenvalue weighted by Gasteiger charge is 2.64. The molecule has 0 unspecified atom stereocenters. The lowest BCUT2D eigenvalue weighted by atomic mass is 9.47. The van der Waals surface area contributed by atoms with E-state index in [9.17, 15) is 9.59 Å². The van der Waals surface area contributed by atoms with Crippen LogP contribution in [0.15, 0.2) is 59.4 Å². The second kappa shape index (κ2) is 9.21. The molecule has 1 aromatic carbocycles. The molecular formula is C32H42N4O2. The number of hydrogen-bond acceptors (Lipinski definition) is 5. The van der Waals surface area contributed by atoms with Crippen LogP contribution in [0.4, 0.5) is 0 Å². The van der Waals surface area contributed by atoms with Crippen LogP contribution in [0.25, 0.3) is 11.6 Å². The maximum atomic E-state index is 14.3. The number of ketones is 1. The van der Waals surface area contributed by atoms with Crippen molar-refractivity contribution in [3.05, 3.63) is 81.6 Å². The Balaban J connectivity index is 1.96. The lowest BCUT2D eigenvalue weighted by Crippen LogP contribution is -2.73. The number of nitrogens with zero attached hydrogens (tertiary/aromatic N) is 2. The SMILES string of the molecule is C=C(N)C1=C(C)[C@@H](N(C)C)[C@]2(N)C[C@@H]3Cc4c(/C=C/C(=O)N(C)C)ccc(C)c4C(=C)C3=C(C)[C@]2(C)C1=O. The number of carbonyl (C=O) groups excluding carboxylic acids is 2. The lowest BCUT2D eigenvalue weighted by Gasteiger charge is -2.60. The fourth-order valence-electron chi connectivity index (χ4n) is 7.52. The number of benzene rings is 1. The van der Waals surface area contributed by atoms with E-state index in [4.69, 9.17) is 11.5 Å². The maximum Gasteiger partial charge on any atom is 0.246 e. The van der Waals surface area contributed by atoms with Crippen LogP contribution in [-0.4, -0.2) is 61.3 Å². The first-order valence-electron chi connectivity index (χ1n) is 13.2. The van der Waals surface area contributed by atoms with Gasteiger partial charge in [0, 0.05) is 31.4 Å². The zero-order valence-corrected chi connectivity index (χ0v) is 24.2. The molecule has 1 amide bonds. The largest absolute Gasteiger partial charge is 0.399 e. The van der Waals surface area contributed by atoms with E-state index in [0.717, 1.165) is 45.4 Å². The Labute approximate surface area is 227 Å². The minimum Gasteiger partial charge on any atom is -0.399 e. The molecule has 4 N–H and O–H groups in total. The van der Waals surface area contributed by atoms with Gasteiger partial charge in [-0.05, 0) is 106 Å². The van der Waals surface area contributed by atoms with Gasteiger partial charge in [0.05, 0.1) is 17.0 Å². The third-order valence-corrected chi connectivity index (χ3v) is 9.37. The summed E-state index contributed by atoms with van der Waals surface area (Å²) in [4.78, 5) is 30.2. The Hall–Kier alpha value is -3.22. The number of likely N-dealkylation sites (N-methyl/N-ethyl adjacent to an activating group) is 2. The zero-order valence-electron chi connectivity index (χ0n) is 24.2. The molecule has 0 saturated carbocycles. The molecule has 0 saturated heterocycles. The second-order valence-electron chi connectivity index (χ2n) is 12.0. The predicted octanol–water partition coefficient (Wildman–Crippen LogP) is 4.01. The second-order valence-corrected chi connectivity index (χ2v) is 12.0. The Morgan fingerprint density at radius 2 is 1.79 bits per heavy atom. The Morgan fingerprint density at radius 1 is 1.16 bits per heavy atom.